The smallest absolute Gasteiger partial charge is 0.259 e. The van der Waals surface area contributed by atoms with Gasteiger partial charge in [0, 0.05) is 13.5 Å². The van der Waals surface area contributed by atoms with Crippen molar-refractivity contribution in [1.82, 2.24) is 9.80 Å². The summed E-state index contributed by atoms with van der Waals surface area (Å²) in [7, 11) is 1.52. The van der Waals surface area contributed by atoms with E-state index in [1.165, 1.54) is 11.9 Å². The highest BCUT2D eigenvalue weighted by atomic mass is 16.2. The Balaban J connectivity index is 2.23. The number of carbonyl (C=O) groups excluding carboxylic acids is 3. The van der Waals surface area contributed by atoms with Crippen molar-refractivity contribution in [3.8, 4) is 0 Å². The van der Waals surface area contributed by atoms with Crippen LogP contribution in [0.2, 0.25) is 0 Å². The zero-order valence-corrected chi connectivity index (χ0v) is 13.1. The number of fused-ring (bicyclic) bond motifs is 1. The fraction of sp³-hybridized carbons (Fsp3) is 0.471. The van der Waals surface area contributed by atoms with Gasteiger partial charge >= 0.3 is 0 Å². The highest BCUT2D eigenvalue weighted by molar-refractivity contribution is 6.09. The molecule has 0 saturated carbocycles. The minimum Gasteiger partial charge on any atom is -0.312 e. The Bertz CT molecular complexity index is 641. The minimum atomic E-state index is -1.03. The van der Waals surface area contributed by atoms with Crippen molar-refractivity contribution in [2.24, 2.45) is 5.92 Å². The van der Waals surface area contributed by atoms with E-state index >= 15 is 0 Å². The number of benzene rings is 1. The Morgan fingerprint density at radius 3 is 2.36 bits per heavy atom. The molecule has 2 unspecified atom stereocenters. The second kappa shape index (κ2) is 4.93. The van der Waals surface area contributed by atoms with E-state index < -0.39 is 11.6 Å². The van der Waals surface area contributed by atoms with Crippen LogP contribution in [0.25, 0.3) is 0 Å². The van der Waals surface area contributed by atoms with Crippen molar-refractivity contribution in [3.63, 3.8) is 0 Å². The largest absolute Gasteiger partial charge is 0.312 e. The lowest BCUT2D eigenvalue weighted by Gasteiger charge is -2.49. The lowest BCUT2D eigenvalue weighted by atomic mass is 9.81. The van der Waals surface area contributed by atoms with E-state index in [2.05, 4.69) is 0 Å². The second-order valence-corrected chi connectivity index (χ2v) is 6.38. The molecule has 0 bridgehead atoms. The summed E-state index contributed by atoms with van der Waals surface area (Å²) in [4.78, 5) is 40.8. The van der Waals surface area contributed by atoms with Crippen LogP contribution in [0.15, 0.2) is 30.3 Å². The van der Waals surface area contributed by atoms with Crippen LogP contribution in [0.5, 0.6) is 0 Å². The molecule has 5 heteroatoms. The van der Waals surface area contributed by atoms with Gasteiger partial charge < -0.3 is 4.90 Å². The molecule has 0 N–H and O–H groups in total. The molecule has 2 saturated heterocycles. The Labute approximate surface area is 129 Å². The maximum Gasteiger partial charge on any atom is 0.259 e. The molecule has 0 aliphatic carbocycles. The van der Waals surface area contributed by atoms with Crippen molar-refractivity contribution in [2.75, 3.05) is 7.05 Å². The molecular weight excluding hydrogens is 280 g/mol. The SMILES string of the molecule is CC(C)C1C(=O)N(C)C(=O)C2(c3ccccc3)CCC(=O)N12. The highest BCUT2D eigenvalue weighted by Gasteiger charge is 2.61. The lowest BCUT2D eigenvalue weighted by molar-refractivity contribution is -0.172. The number of rotatable bonds is 2. The fourth-order valence-electron chi connectivity index (χ4n) is 3.73. The molecule has 116 valence electrons. The van der Waals surface area contributed by atoms with Gasteiger partial charge in [-0.05, 0) is 17.9 Å². The lowest BCUT2D eigenvalue weighted by Crippen LogP contribution is -2.69. The predicted octanol–water partition coefficient (Wildman–Crippen LogP) is 1.53. The summed E-state index contributed by atoms with van der Waals surface area (Å²) in [5.41, 5.74) is -0.244. The summed E-state index contributed by atoms with van der Waals surface area (Å²) in [5, 5.41) is 0. The maximum absolute atomic E-state index is 13.0. The number of nitrogens with zero attached hydrogens (tertiary/aromatic N) is 2. The van der Waals surface area contributed by atoms with E-state index in [1.54, 1.807) is 4.90 Å². The van der Waals surface area contributed by atoms with Crippen molar-refractivity contribution >= 4 is 17.7 Å². The van der Waals surface area contributed by atoms with Crippen LogP contribution in [0.3, 0.4) is 0 Å². The number of amides is 3. The molecule has 2 fully saturated rings. The third-order valence-electron chi connectivity index (χ3n) is 4.78. The van der Waals surface area contributed by atoms with Crippen LogP contribution >= 0.6 is 0 Å². The molecule has 3 rings (SSSR count). The molecule has 2 aliphatic heterocycles. The first kappa shape index (κ1) is 14.8. The molecule has 2 heterocycles. The fourth-order valence-corrected chi connectivity index (χ4v) is 3.73. The second-order valence-electron chi connectivity index (χ2n) is 6.38. The summed E-state index contributed by atoms with van der Waals surface area (Å²) in [6.45, 7) is 3.82. The summed E-state index contributed by atoms with van der Waals surface area (Å²) in [6.07, 6.45) is 0.723. The van der Waals surface area contributed by atoms with Crippen LogP contribution < -0.4 is 0 Å². The Hall–Kier alpha value is -2.17. The standard InChI is InChI=1S/C17H20N2O3/c1-11(2)14-15(21)18(3)16(22)17(10-9-13(20)19(14)17)12-7-5-4-6-8-12/h4-8,11,14H,9-10H2,1-3H3. The Morgan fingerprint density at radius 2 is 1.77 bits per heavy atom. The van der Waals surface area contributed by atoms with Crippen LogP contribution in [-0.4, -0.2) is 40.6 Å². The molecule has 2 aliphatic rings. The van der Waals surface area contributed by atoms with Gasteiger partial charge in [0.25, 0.3) is 11.8 Å². The number of carbonyl (C=O) groups is 3. The zero-order valence-electron chi connectivity index (χ0n) is 13.1. The molecule has 22 heavy (non-hydrogen) atoms. The third-order valence-corrected chi connectivity index (χ3v) is 4.78. The van der Waals surface area contributed by atoms with Crippen molar-refractivity contribution in [2.45, 2.75) is 38.3 Å². The molecule has 5 nitrogen and oxygen atoms in total. The number of piperazine rings is 1. The number of hydrogen-bond donors (Lipinski definition) is 0. The van der Waals surface area contributed by atoms with Crippen LogP contribution in [0.4, 0.5) is 0 Å². The van der Waals surface area contributed by atoms with Crippen molar-refractivity contribution in [3.05, 3.63) is 35.9 Å². The third kappa shape index (κ3) is 1.74. The first-order chi connectivity index (χ1) is 10.4. The Morgan fingerprint density at radius 1 is 1.14 bits per heavy atom. The van der Waals surface area contributed by atoms with Crippen LogP contribution in [-0.2, 0) is 19.9 Å². The van der Waals surface area contributed by atoms with Crippen LogP contribution in [0.1, 0.15) is 32.3 Å². The van der Waals surface area contributed by atoms with Gasteiger partial charge in [-0.3, -0.25) is 19.3 Å². The van der Waals surface area contributed by atoms with Gasteiger partial charge in [0.05, 0.1) is 0 Å². The van der Waals surface area contributed by atoms with Crippen molar-refractivity contribution in [1.29, 1.82) is 0 Å². The van der Waals surface area contributed by atoms with Gasteiger partial charge in [-0.1, -0.05) is 44.2 Å². The summed E-state index contributed by atoms with van der Waals surface area (Å²) < 4.78 is 0. The number of likely N-dealkylation sites (N-methyl/N-ethyl adjacent to an activating group) is 1. The summed E-state index contributed by atoms with van der Waals surface area (Å²) >= 11 is 0. The molecule has 0 spiro atoms. The normalized spacial score (nSPS) is 28.5. The van der Waals surface area contributed by atoms with E-state index in [1.807, 2.05) is 44.2 Å². The Kier molecular flexibility index (Phi) is 3.31. The maximum atomic E-state index is 13.0. The molecular formula is C17H20N2O3. The molecule has 3 amide bonds. The molecule has 0 radical (unpaired) electrons. The monoisotopic (exact) mass is 300 g/mol. The van der Waals surface area contributed by atoms with E-state index in [0.29, 0.717) is 12.8 Å². The predicted molar refractivity (Wildman–Crippen MR) is 80.6 cm³/mol. The first-order valence-corrected chi connectivity index (χ1v) is 7.61. The van der Waals surface area contributed by atoms with Crippen molar-refractivity contribution < 1.29 is 14.4 Å². The summed E-state index contributed by atoms with van der Waals surface area (Å²) in [5.74, 6) is -0.751. The van der Waals surface area contributed by atoms with E-state index in [0.717, 1.165) is 5.56 Å². The molecule has 2 atom stereocenters. The van der Waals surface area contributed by atoms with Gasteiger partial charge in [-0.25, -0.2) is 0 Å². The minimum absolute atomic E-state index is 0.0480. The molecule has 1 aromatic carbocycles. The number of imide groups is 1. The van der Waals surface area contributed by atoms with Gasteiger partial charge in [-0.15, -0.1) is 0 Å². The van der Waals surface area contributed by atoms with Gasteiger partial charge in [0.15, 0.2) is 0 Å². The van der Waals surface area contributed by atoms with Gasteiger partial charge in [0.2, 0.25) is 5.91 Å². The quantitative estimate of drug-likeness (QED) is 0.778. The summed E-state index contributed by atoms with van der Waals surface area (Å²) in [6, 6.07) is 8.74. The van der Waals surface area contributed by atoms with Gasteiger partial charge in [-0.2, -0.15) is 0 Å². The van der Waals surface area contributed by atoms with E-state index in [9.17, 15) is 14.4 Å². The average molecular weight is 300 g/mol. The van der Waals surface area contributed by atoms with Gasteiger partial charge in [0.1, 0.15) is 11.6 Å². The molecule has 1 aromatic rings. The molecule has 0 aromatic heterocycles. The average Bonchev–Trinajstić information content (AvgIpc) is 2.85. The topological polar surface area (TPSA) is 57.7 Å². The zero-order chi connectivity index (χ0) is 16.1. The highest BCUT2D eigenvalue weighted by Crippen LogP contribution is 2.46. The number of hydrogen-bond acceptors (Lipinski definition) is 3. The van der Waals surface area contributed by atoms with Crippen LogP contribution in [0, 0.1) is 5.92 Å². The van der Waals surface area contributed by atoms with E-state index in [-0.39, 0.29) is 23.6 Å². The first-order valence-electron chi connectivity index (χ1n) is 7.61. The van der Waals surface area contributed by atoms with E-state index in [4.69, 9.17) is 0 Å².